The maximum Gasteiger partial charge on any atom is 0.419 e. The van der Waals surface area contributed by atoms with Gasteiger partial charge >= 0.3 is 6.18 Å². The van der Waals surface area contributed by atoms with Crippen molar-refractivity contribution in [3.63, 3.8) is 0 Å². The predicted octanol–water partition coefficient (Wildman–Crippen LogP) is 4.50. The summed E-state index contributed by atoms with van der Waals surface area (Å²) in [7, 11) is 0. The van der Waals surface area contributed by atoms with E-state index >= 15 is 0 Å². The number of thiocarbonyl (C=S) groups is 1. The summed E-state index contributed by atoms with van der Waals surface area (Å²) >= 11 is 5.08. The summed E-state index contributed by atoms with van der Waals surface area (Å²) in [6.07, 6.45) is -0.115. The van der Waals surface area contributed by atoms with Crippen LogP contribution in [0.1, 0.15) is 16.9 Å². The first-order chi connectivity index (χ1) is 13.8. The molecule has 0 atom stereocenters. The van der Waals surface area contributed by atoms with Crippen LogP contribution in [0.4, 0.5) is 17.6 Å². The molecule has 3 rings (SSSR count). The third-order valence-corrected chi connectivity index (χ3v) is 3.95. The highest BCUT2D eigenvalue weighted by atomic mass is 32.1. The fraction of sp³-hybridized carbons (Fsp3) is 0.105. The smallest absolute Gasteiger partial charge is 0.419 e. The predicted molar refractivity (Wildman–Crippen MR) is 104 cm³/mol. The van der Waals surface area contributed by atoms with Crippen LogP contribution in [-0.2, 0) is 12.7 Å². The summed E-state index contributed by atoms with van der Waals surface area (Å²) < 4.78 is 57.4. The molecule has 10 heteroatoms. The molecule has 0 aliphatic rings. The molecule has 3 aromatic rings. The van der Waals surface area contributed by atoms with Crippen molar-refractivity contribution in [1.82, 2.24) is 15.7 Å². The number of aromatic nitrogens is 1. The zero-order valence-electron chi connectivity index (χ0n) is 14.7. The lowest BCUT2D eigenvalue weighted by molar-refractivity contribution is -0.139. The molecule has 2 N–H and O–H groups in total. The van der Waals surface area contributed by atoms with Crippen LogP contribution in [0.3, 0.4) is 0 Å². The Morgan fingerprint density at radius 1 is 1.21 bits per heavy atom. The minimum Gasteiger partial charge on any atom is -0.455 e. The topological polar surface area (TPSA) is 62.5 Å². The lowest BCUT2D eigenvalue weighted by Gasteiger charge is -2.08. The van der Waals surface area contributed by atoms with Crippen molar-refractivity contribution in [1.29, 1.82) is 0 Å². The van der Waals surface area contributed by atoms with Crippen molar-refractivity contribution in [2.24, 2.45) is 5.10 Å². The van der Waals surface area contributed by atoms with E-state index in [1.165, 1.54) is 24.4 Å². The molecule has 0 aliphatic carbocycles. The number of hydrogen-bond acceptors (Lipinski definition) is 4. The number of hydrazone groups is 1. The Labute approximate surface area is 168 Å². The van der Waals surface area contributed by atoms with Gasteiger partial charge in [-0.25, -0.2) is 4.39 Å². The summed E-state index contributed by atoms with van der Waals surface area (Å²) in [4.78, 5) is 3.99. The number of rotatable bonds is 5. The van der Waals surface area contributed by atoms with E-state index < -0.39 is 17.6 Å². The van der Waals surface area contributed by atoms with Crippen LogP contribution in [0, 0.1) is 5.82 Å². The van der Waals surface area contributed by atoms with Crippen LogP contribution in [0.2, 0.25) is 0 Å². The van der Waals surface area contributed by atoms with Crippen molar-refractivity contribution in [2.45, 2.75) is 12.7 Å². The van der Waals surface area contributed by atoms with Gasteiger partial charge in [0.15, 0.2) is 5.11 Å². The van der Waals surface area contributed by atoms with Gasteiger partial charge in [-0.1, -0.05) is 6.07 Å². The highest BCUT2D eigenvalue weighted by Gasteiger charge is 2.34. The number of nitrogens with one attached hydrogen (secondary N) is 2. The Morgan fingerprint density at radius 2 is 2.03 bits per heavy atom. The normalized spacial score (nSPS) is 11.6. The molecule has 5 nitrogen and oxygen atoms in total. The van der Waals surface area contributed by atoms with Crippen LogP contribution in [0.5, 0.6) is 0 Å². The summed E-state index contributed by atoms with van der Waals surface area (Å²) in [5.41, 5.74) is 2.28. The second kappa shape index (κ2) is 8.82. The van der Waals surface area contributed by atoms with Gasteiger partial charge in [-0.2, -0.15) is 18.3 Å². The van der Waals surface area contributed by atoms with E-state index in [1.54, 1.807) is 18.5 Å². The van der Waals surface area contributed by atoms with Crippen molar-refractivity contribution < 1.29 is 22.0 Å². The molecule has 0 spiro atoms. The molecule has 0 aliphatic heterocycles. The molecule has 2 heterocycles. The number of hydrogen-bond donors (Lipinski definition) is 2. The molecule has 2 aromatic heterocycles. The van der Waals surface area contributed by atoms with Gasteiger partial charge in [-0.15, -0.1) is 0 Å². The Hall–Kier alpha value is -3.27. The molecule has 150 valence electrons. The zero-order chi connectivity index (χ0) is 20.9. The molecule has 0 radical (unpaired) electrons. The zero-order valence-corrected chi connectivity index (χ0v) is 15.5. The maximum atomic E-state index is 13.4. The van der Waals surface area contributed by atoms with Crippen LogP contribution in [-0.4, -0.2) is 16.3 Å². The molecule has 0 fully saturated rings. The molecular formula is C19H14F4N4OS. The van der Waals surface area contributed by atoms with Gasteiger partial charge < -0.3 is 9.73 Å². The maximum absolute atomic E-state index is 13.4. The van der Waals surface area contributed by atoms with E-state index in [9.17, 15) is 17.6 Å². The van der Waals surface area contributed by atoms with Crippen LogP contribution >= 0.6 is 12.2 Å². The van der Waals surface area contributed by atoms with E-state index in [1.807, 2.05) is 6.07 Å². The second-order valence-corrected chi connectivity index (χ2v) is 6.22. The average molecular weight is 422 g/mol. The highest BCUT2D eigenvalue weighted by molar-refractivity contribution is 7.80. The number of benzene rings is 1. The fourth-order valence-corrected chi connectivity index (χ4v) is 2.48. The lowest BCUT2D eigenvalue weighted by Crippen LogP contribution is -2.31. The molecule has 0 saturated carbocycles. The standard InChI is InChI=1S/C19H14F4N4OS/c20-16-5-3-13(8-15(16)19(21,22)23)17-6-4-14(28-17)11-26-27-18(29)25-10-12-2-1-7-24-9-12/h1-9,11H,10H2,(H2,25,27,29)/b26-11+. The first-order valence-electron chi connectivity index (χ1n) is 8.26. The fourth-order valence-electron chi connectivity index (χ4n) is 2.35. The Kier molecular flexibility index (Phi) is 6.23. The van der Waals surface area contributed by atoms with E-state index in [4.69, 9.17) is 16.6 Å². The summed E-state index contributed by atoms with van der Waals surface area (Å²) in [6, 6.07) is 9.33. The van der Waals surface area contributed by atoms with Crippen molar-refractivity contribution in [3.8, 4) is 11.3 Å². The number of furan rings is 1. The number of halogens is 4. The van der Waals surface area contributed by atoms with E-state index in [2.05, 4.69) is 20.8 Å². The number of nitrogens with zero attached hydrogens (tertiary/aromatic N) is 2. The van der Waals surface area contributed by atoms with Crippen LogP contribution in [0.15, 0.2) is 64.4 Å². The first-order valence-corrected chi connectivity index (χ1v) is 8.66. The molecule has 1 aromatic carbocycles. The molecule has 0 unspecified atom stereocenters. The molecular weight excluding hydrogens is 408 g/mol. The van der Waals surface area contributed by atoms with Crippen LogP contribution < -0.4 is 10.7 Å². The van der Waals surface area contributed by atoms with Gasteiger partial charge in [0.25, 0.3) is 0 Å². The van der Waals surface area contributed by atoms with Gasteiger partial charge in [-0.05, 0) is 54.2 Å². The monoisotopic (exact) mass is 422 g/mol. The Balaban J connectivity index is 1.59. The Morgan fingerprint density at radius 3 is 2.76 bits per heavy atom. The average Bonchev–Trinajstić information content (AvgIpc) is 3.15. The van der Waals surface area contributed by atoms with Gasteiger partial charge in [-0.3, -0.25) is 10.4 Å². The van der Waals surface area contributed by atoms with Crippen molar-refractivity contribution in [2.75, 3.05) is 0 Å². The third kappa shape index (κ3) is 5.61. The van der Waals surface area contributed by atoms with Crippen molar-refractivity contribution in [3.05, 3.63) is 77.6 Å². The summed E-state index contributed by atoms with van der Waals surface area (Å²) in [6.45, 7) is 0.464. The molecule has 29 heavy (non-hydrogen) atoms. The second-order valence-electron chi connectivity index (χ2n) is 5.81. The highest BCUT2D eigenvalue weighted by Crippen LogP contribution is 2.34. The van der Waals surface area contributed by atoms with E-state index in [0.29, 0.717) is 12.6 Å². The van der Waals surface area contributed by atoms with E-state index in [0.717, 1.165) is 11.6 Å². The van der Waals surface area contributed by atoms with Gasteiger partial charge in [0.1, 0.15) is 17.3 Å². The number of pyridine rings is 1. The minimum absolute atomic E-state index is 0.0972. The van der Waals surface area contributed by atoms with Gasteiger partial charge in [0.2, 0.25) is 0 Å². The Bertz CT molecular complexity index is 1020. The molecule has 0 bridgehead atoms. The quantitative estimate of drug-likeness (QED) is 0.274. The largest absolute Gasteiger partial charge is 0.455 e. The van der Waals surface area contributed by atoms with Crippen molar-refractivity contribution >= 4 is 23.5 Å². The lowest BCUT2D eigenvalue weighted by atomic mass is 10.1. The number of alkyl halides is 3. The SMILES string of the molecule is Fc1ccc(-c2ccc(/C=N/NC(=S)NCc3cccnc3)o2)cc1C(F)(F)F. The minimum atomic E-state index is -4.79. The van der Waals surface area contributed by atoms with Gasteiger partial charge in [0.05, 0.1) is 11.8 Å². The van der Waals surface area contributed by atoms with Gasteiger partial charge in [0, 0.05) is 24.5 Å². The summed E-state index contributed by atoms with van der Waals surface area (Å²) in [5, 5.41) is 7.11. The molecule has 0 amide bonds. The van der Waals surface area contributed by atoms with Crippen LogP contribution in [0.25, 0.3) is 11.3 Å². The summed E-state index contributed by atoms with van der Waals surface area (Å²) in [5.74, 6) is -0.916. The molecule has 0 saturated heterocycles. The third-order valence-electron chi connectivity index (χ3n) is 3.72. The first kappa shape index (κ1) is 20.5. The van der Waals surface area contributed by atoms with E-state index in [-0.39, 0.29) is 22.2 Å².